The molecule has 1 fully saturated rings. The Morgan fingerprint density at radius 3 is 2.55 bits per heavy atom. The van der Waals surface area contributed by atoms with E-state index in [0.29, 0.717) is 12.5 Å². The van der Waals surface area contributed by atoms with Gasteiger partial charge in [0, 0.05) is 17.3 Å². The van der Waals surface area contributed by atoms with Crippen LogP contribution in [0.1, 0.15) is 48.1 Å². The monoisotopic (exact) mass is 457 g/mol. The summed E-state index contributed by atoms with van der Waals surface area (Å²) in [6, 6.07) is 22.8. The van der Waals surface area contributed by atoms with Gasteiger partial charge in [0.25, 0.3) is 5.91 Å². The molecule has 1 amide bonds. The molecule has 0 spiro atoms. The molecule has 4 nitrogen and oxygen atoms in total. The van der Waals surface area contributed by atoms with Crippen LogP contribution in [0.4, 0.5) is 5.69 Å². The van der Waals surface area contributed by atoms with Gasteiger partial charge in [-0.15, -0.1) is 11.3 Å². The van der Waals surface area contributed by atoms with Crippen molar-refractivity contribution >= 4 is 28.9 Å². The molecule has 2 heterocycles. The minimum absolute atomic E-state index is 0.0754. The summed E-state index contributed by atoms with van der Waals surface area (Å²) >= 11 is 1.78. The number of carbonyl (C=O) groups is 1. The number of benzene rings is 2. The molecule has 1 aliphatic heterocycles. The highest BCUT2D eigenvalue weighted by Crippen LogP contribution is 2.31. The summed E-state index contributed by atoms with van der Waals surface area (Å²) in [6.45, 7) is 2.88. The molecule has 0 N–H and O–H groups in total. The van der Waals surface area contributed by atoms with E-state index in [2.05, 4.69) is 53.6 Å². The van der Waals surface area contributed by atoms with E-state index in [0.717, 1.165) is 42.2 Å². The van der Waals surface area contributed by atoms with Gasteiger partial charge < -0.3 is 4.90 Å². The highest BCUT2D eigenvalue weighted by molar-refractivity contribution is 7.09. The van der Waals surface area contributed by atoms with Crippen LogP contribution in [0.3, 0.4) is 0 Å². The number of amides is 1. The Hall–Kier alpha value is -2.92. The van der Waals surface area contributed by atoms with Gasteiger partial charge in [-0.25, -0.2) is 9.89 Å². The van der Waals surface area contributed by atoms with Crippen molar-refractivity contribution in [1.29, 1.82) is 0 Å². The zero-order valence-corrected chi connectivity index (χ0v) is 20.0. The van der Waals surface area contributed by atoms with Gasteiger partial charge >= 0.3 is 0 Å². The number of hydrogen-bond donors (Lipinski definition) is 0. The molecule has 1 aliphatic carbocycles. The Balaban J connectivity index is 1.54. The van der Waals surface area contributed by atoms with Crippen molar-refractivity contribution < 1.29 is 4.79 Å². The van der Waals surface area contributed by atoms with E-state index in [4.69, 9.17) is 4.99 Å². The minimum Gasteiger partial charge on any atom is -0.334 e. The third-order valence-electron chi connectivity index (χ3n) is 6.69. The molecule has 33 heavy (non-hydrogen) atoms. The highest BCUT2D eigenvalue weighted by atomic mass is 32.1. The summed E-state index contributed by atoms with van der Waals surface area (Å²) in [6.07, 6.45) is 6.72. The third-order valence-corrected chi connectivity index (χ3v) is 7.55. The van der Waals surface area contributed by atoms with Crippen LogP contribution in [0.5, 0.6) is 0 Å². The number of anilines is 1. The first-order valence-corrected chi connectivity index (χ1v) is 12.9. The van der Waals surface area contributed by atoms with Crippen molar-refractivity contribution in [3.05, 3.63) is 88.1 Å². The maximum absolute atomic E-state index is 13.8. The summed E-state index contributed by atoms with van der Waals surface area (Å²) in [5.41, 5.74) is 3.21. The molecule has 5 rings (SSSR count). The van der Waals surface area contributed by atoms with Crippen LogP contribution in [-0.4, -0.2) is 28.9 Å². The van der Waals surface area contributed by atoms with Crippen LogP contribution in [-0.2, 0) is 17.8 Å². The first-order valence-electron chi connectivity index (χ1n) is 12.0. The Morgan fingerprint density at radius 2 is 1.82 bits per heavy atom. The molecule has 1 saturated carbocycles. The van der Waals surface area contributed by atoms with Crippen LogP contribution in [0, 0.1) is 6.92 Å². The van der Waals surface area contributed by atoms with Crippen LogP contribution >= 0.6 is 11.3 Å². The molecule has 2 aromatic carbocycles. The lowest BCUT2D eigenvalue weighted by Gasteiger charge is -2.38. The zero-order chi connectivity index (χ0) is 22.6. The van der Waals surface area contributed by atoms with Gasteiger partial charge in [-0.2, -0.15) is 0 Å². The SMILES string of the molecule is Cc1cccc(N2C(=O)C(Cc3ccccc3)N=C2N(Cc2cccs2)C2CCCCC2)c1. The van der Waals surface area contributed by atoms with Crippen molar-refractivity contribution in [1.82, 2.24) is 4.90 Å². The van der Waals surface area contributed by atoms with E-state index in [9.17, 15) is 4.79 Å². The molecular weight excluding hydrogens is 426 g/mol. The molecule has 170 valence electrons. The fraction of sp³-hybridized carbons (Fsp3) is 0.357. The normalized spacial score (nSPS) is 19.1. The Morgan fingerprint density at radius 1 is 1.00 bits per heavy atom. The molecule has 0 bridgehead atoms. The Kier molecular flexibility index (Phi) is 6.58. The maximum atomic E-state index is 13.8. The van der Waals surface area contributed by atoms with Gasteiger partial charge in [0.2, 0.25) is 5.96 Å². The second-order valence-electron chi connectivity index (χ2n) is 9.15. The van der Waals surface area contributed by atoms with E-state index in [1.54, 1.807) is 11.3 Å². The molecule has 1 unspecified atom stereocenters. The Bertz CT molecular complexity index is 1100. The molecular formula is C28H31N3OS. The van der Waals surface area contributed by atoms with Crippen LogP contribution < -0.4 is 4.90 Å². The van der Waals surface area contributed by atoms with E-state index in [-0.39, 0.29) is 5.91 Å². The third kappa shape index (κ3) is 4.88. The lowest BCUT2D eigenvalue weighted by atomic mass is 9.94. The second-order valence-corrected chi connectivity index (χ2v) is 10.2. The van der Waals surface area contributed by atoms with Crippen molar-refractivity contribution in [3.8, 4) is 0 Å². The number of thiophene rings is 1. The number of hydrogen-bond acceptors (Lipinski definition) is 4. The zero-order valence-electron chi connectivity index (χ0n) is 19.2. The molecule has 1 atom stereocenters. The second kappa shape index (κ2) is 9.92. The lowest BCUT2D eigenvalue weighted by Crippen LogP contribution is -2.49. The largest absolute Gasteiger partial charge is 0.334 e. The van der Waals surface area contributed by atoms with E-state index in [1.807, 2.05) is 35.2 Å². The molecule has 3 aromatic rings. The average Bonchev–Trinajstić information content (AvgIpc) is 3.47. The Labute approximate surface area is 200 Å². The topological polar surface area (TPSA) is 35.9 Å². The van der Waals surface area contributed by atoms with Crippen molar-refractivity contribution in [3.63, 3.8) is 0 Å². The summed E-state index contributed by atoms with van der Waals surface area (Å²) in [5.74, 6) is 0.901. The summed E-state index contributed by atoms with van der Waals surface area (Å²) in [4.78, 5) is 24.6. The minimum atomic E-state index is -0.391. The molecule has 5 heteroatoms. The van der Waals surface area contributed by atoms with Crippen molar-refractivity contribution in [2.75, 3.05) is 4.90 Å². The number of aryl methyl sites for hydroxylation is 1. The van der Waals surface area contributed by atoms with Gasteiger partial charge in [-0.1, -0.05) is 67.8 Å². The molecule has 0 saturated heterocycles. The smallest absolute Gasteiger partial charge is 0.259 e. The van der Waals surface area contributed by atoms with Crippen LogP contribution in [0.15, 0.2) is 77.1 Å². The predicted octanol–water partition coefficient (Wildman–Crippen LogP) is 6.21. The first-order chi connectivity index (χ1) is 16.2. The highest BCUT2D eigenvalue weighted by Gasteiger charge is 2.40. The van der Waals surface area contributed by atoms with Gasteiger partial charge in [-0.3, -0.25) is 4.79 Å². The number of carbonyl (C=O) groups excluding carboxylic acids is 1. The van der Waals surface area contributed by atoms with Crippen molar-refractivity contribution in [2.24, 2.45) is 4.99 Å². The molecule has 2 aliphatic rings. The number of aliphatic imine (C=N–C) groups is 1. The standard InChI is InChI=1S/C28H31N3OS/c1-21-10-8-15-24(18-21)31-27(32)26(19-22-11-4-2-5-12-22)29-28(31)30(20-25-16-9-17-33-25)23-13-6-3-7-14-23/h2,4-5,8-12,15-18,23,26H,3,6-7,13-14,19-20H2,1H3. The number of rotatable bonds is 6. The summed E-state index contributed by atoms with van der Waals surface area (Å²) in [5, 5.41) is 2.13. The van der Waals surface area contributed by atoms with E-state index < -0.39 is 6.04 Å². The average molecular weight is 458 g/mol. The first kappa shape index (κ1) is 21.9. The van der Waals surface area contributed by atoms with Crippen molar-refractivity contribution in [2.45, 2.75) is 64.1 Å². The van der Waals surface area contributed by atoms with E-state index in [1.165, 1.54) is 24.1 Å². The molecule has 0 radical (unpaired) electrons. The van der Waals surface area contributed by atoms with Crippen LogP contribution in [0.25, 0.3) is 0 Å². The lowest BCUT2D eigenvalue weighted by molar-refractivity contribution is -0.118. The maximum Gasteiger partial charge on any atom is 0.259 e. The molecule has 1 aromatic heterocycles. The summed E-state index contributed by atoms with van der Waals surface area (Å²) in [7, 11) is 0. The van der Waals surface area contributed by atoms with E-state index >= 15 is 0 Å². The van der Waals surface area contributed by atoms with Gasteiger partial charge in [-0.05, 0) is 54.5 Å². The van der Waals surface area contributed by atoms with Gasteiger partial charge in [0.15, 0.2) is 0 Å². The number of nitrogens with zero attached hydrogens (tertiary/aromatic N) is 3. The van der Waals surface area contributed by atoms with Crippen LogP contribution in [0.2, 0.25) is 0 Å². The number of guanidine groups is 1. The predicted molar refractivity (Wildman–Crippen MR) is 137 cm³/mol. The summed E-state index contributed by atoms with van der Waals surface area (Å²) < 4.78 is 0. The van der Waals surface area contributed by atoms with Gasteiger partial charge in [0.1, 0.15) is 6.04 Å². The van der Waals surface area contributed by atoms with Gasteiger partial charge in [0.05, 0.1) is 12.2 Å². The quantitative estimate of drug-likeness (QED) is 0.441. The fourth-order valence-corrected chi connectivity index (χ4v) is 5.71. The fourth-order valence-electron chi connectivity index (χ4n) is 5.01.